The molecule has 0 radical (unpaired) electrons. The van der Waals surface area contributed by atoms with Crippen LogP contribution in [-0.2, 0) is 4.79 Å². The third kappa shape index (κ3) is 1.44. The van der Waals surface area contributed by atoms with E-state index in [-0.39, 0.29) is 11.7 Å². The molecule has 2 aliphatic carbocycles. The summed E-state index contributed by atoms with van der Waals surface area (Å²) in [6.45, 7) is 1.75. The van der Waals surface area contributed by atoms with E-state index < -0.39 is 5.60 Å². The van der Waals surface area contributed by atoms with Gasteiger partial charge in [0.1, 0.15) is 0 Å². The van der Waals surface area contributed by atoms with E-state index in [1.807, 2.05) is 0 Å². The fourth-order valence-electron chi connectivity index (χ4n) is 2.75. The number of hydrogen-bond donors (Lipinski definition) is 1. The molecule has 1 saturated carbocycles. The van der Waals surface area contributed by atoms with E-state index >= 15 is 0 Å². The van der Waals surface area contributed by atoms with Crippen LogP contribution in [0.15, 0.2) is 12.2 Å². The third-order valence-electron chi connectivity index (χ3n) is 3.39. The topological polar surface area (TPSA) is 37.3 Å². The first-order chi connectivity index (χ1) is 6.11. The molecular weight excluding hydrogens is 164 g/mol. The Kier molecular flexibility index (Phi) is 2.03. The van der Waals surface area contributed by atoms with Crippen LogP contribution in [0.4, 0.5) is 0 Å². The van der Waals surface area contributed by atoms with E-state index in [9.17, 15) is 9.90 Å². The van der Waals surface area contributed by atoms with Crippen molar-refractivity contribution in [2.45, 2.75) is 38.2 Å². The van der Waals surface area contributed by atoms with E-state index in [2.05, 4.69) is 0 Å². The van der Waals surface area contributed by atoms with E-state index in [0.29, 0.717) is 5.92 Å². The first-order valence-corrected chi connectivity index (χ1v) is 5.07. The van der Waals surface area contributed by atoms with Gasteiger partial charge in [-0.1, -0.05) is 12.8 Å². The van der Waals surface area contributed by atoms with Crippen LogP contribution in [0, 0.1) is 11.8 Å². The molecule has 2 nitrogen and oxygen atoms in total. The average molecular weight is 180 g/mol. The highest BCUT2D eigenvalue weighted by molar-refractivity contribution is 5.96. The van der Waals surface area contributed by atoms with E-state index in [4.69, 9.17) is 0 Å². The number of rotatable bonds is 1. The monoisotopic (exact) mass is 180 g/mol. The Morgan fingerprint density at radius 1 is 1.46 bits per heavy atom. The molecule has 13 heavy (non-hydrogen) atoms. The van der Waals surface area contributed by atoms with Gasteiger partial charge >= 0.3 is 0 Å². The lowest BCUT2D eigenvalue weighted by atomic mass is 9.80. The Labute approximate surface area is 78.6 Å². The summed E-state index contributed by atoms with van der Waals surface area (Å²) >= 11 is 0. The summed E-state index contributed by atoms with van der Waals surface area (Å²) in [5.74, 6) is 0.379. The lowest BCUT2D eigenvalue weighted by Crippen LogP contribution is -2.37. The molecule has 2 atom stereocenters. The Balaban J connectivity index is 2.17. The second kappa shape index (κ2) is 2.95. The van der Waals surface area contributed by atoms with Crippen molar-refractivity contribution >= 4 is 5.78 Å². The number of ketones is 1. The predicted octanol–water partition coefficient (Wildman–Crippen LogP) is 1.68. The summed E-state index contributed by atoms with van der Waals surface area (Å²) in [4.78, 5) is 11.5. The van der Waals surface area contributed by atoms with Crippen molar-refractivity contribution in [2.24, 2.45) is 11.8 Å². The first-order valence-electron chi connectivity index (χ1n) is 5.07. The Bertz CT molecular complexity index is 247. The van der Waals surface area contributed by atoms with Crippen LogP contribution in [0.1, 0.15) is 32.6 Å². The highest BCUT2D eigenvalue weighted by atomic mass is 16.3. The molecule has 0 aliphatic heterocycles. The van der Waals surface area contributed by atoms with E-state index in [1.54, 1.807) is 19.1 Å². The molecule has 0 spiro atoms. The lowest BCUT2D eigenvalue weighted by molar-refractivity contribution is -0.124. The maximum Gasteiger partial charge on any atom is 0.162 e. The fraction of sp³-hybridized carbons (Fsp3) is 0.727. The molecule has 0 saturated heterocycles. The zero-order valence-electron chi connectivity index (χ0n) is 7.99. The van der Waals surface area contributed by atoms with Crippen LogP contribution < -0.4 is 0 Å². The molecule has 0 bridgehead atoms. The molecule has 2 unspecified atom stereocenters. The zero-order chi connectivity index (χ0) is 9.47. The Morgan fingerprint density at radius 3 is 2.54 bits per heavy atom. The minimum Gasteiger partial charge on any atom is -0.385 e. The van der Waals surface area contributed by atoms with Crippen molar-refractivity contribution in [3.63, 3.8) is 0 Å². The van der Waals surface area contributed by atoms with Crippen molar-refractivity contribution in [2.75, 3.05) is 0 Å². The fourth-order valence-corrected chi connectivity index (χ4v) is 2.75. The number of allylic oxidation sites excluding steroid dienone is 1. The summed E-state index contributed by atoms with van der Waals surface area (Å²) in [7, 11) is 0. The molecule has 72 valence electrons. The molecule has 0 amide bonds. The van der Waals surface area contributed by atoms with E-state index in [1.165, 1.54) is 12.8 Å². The van der Waals surface area contributed by atoms with Gasteiger partial charge in [0.15, 0.2) is 5.78 Å². The van der Waals surface area contributed by atoms with Gasteiger partial charge in [-0.05, 0) is 37.8 Å². The molecular formula is C11H16O2. The number of carbonyl (C=O) groups excluding carboxylic acids is 1. The minimum atomic E-state index is -0.883. The number of carbonyl (C=O) groups is 1. The third-order valence-corrected chi connectivity index (χ3v) is 3.39. The van der Waals surface area contributed by atoms with Gasteiger partial charge < -0.3 is 5.11 Å². The summed E-state index contributed by atoms with van der Waals surface area (Å²) in [5, 5.41) is 9.98. The first kappa shape index (κ1) is 8.95. The molecule has 2 heteroatoms. The van der Waals surface area contributed by atoms with Crippen LogP contribution in [0.5, 0.6) is 0 Å². The summed E-state index contributed by atoms with van der Waals surface area (Å²) in [6, 6.07) is 0. The highest BCUT2D eigenvalue weighted by Crippen LogP contribution is 2.40. The van der Waals surface area contributed by atoms with Crippen LogP contribution >= 0.6 is 0 Å². The molecule has 2 rings (SSSR count). The Morgan fingerprint density at radius 2 is 2.08 bits per heavy atom. The van der Waals surface area contributed by atoms with Gasteiger partial charge in [0.25, 0.3) is 0 Å². The van der Waals surface area contributed by atoms with Crippen molar-refractivity contribution in [3.8, 4) is 0 Å². The predicted molar refractivity (Wildman–Crippen MR) is 50.2 cm³/mol. The Hall–Kier alpha value is -0.630. The van der Waals surface area contributed by atoms with Gasteiger partial charge in [-0.25, -0.2) is 0 Å². The molecule has 0 aromatic heterocycles. The van der Waals surface area contributed by atoms with Crippen molar-refractivity contribution in [1.29, 1.82) is 0 Å². The van der Waals surface area contributed by atoms with Gasteiger partial charge in [-0.3, -0.25) is 4.79 Å². The maximum atomic E-state index is 11.5. The quantitative estimate of drug-likeness (QED) is 0.666. The second-order valence-corrected chi connectivity index (χ2v) is 4.48. The summed E-state index contributed by atoms with van der Waals surface area (Å²) in [5.41, 5.74) is -0.883. The molecule has 0 heterocycles. The second-order valence-electron chi connectivity index (χ2n) is 4.48. The molecule has 2 aliphatic rings. The number of hydrogen-bond acceptors (Lipinski definition) is 2. The SMILES string of the molecule is CC1(O)C=CC(=O)C1C1CCCC1. The molecule has 1 fully saturated rings. The zero-order valence-corrected chi connectivity index (χ0v) is 7.99. The van der Waals surface area contributed by atoms with Gasteiger partial charge in [-0.2, -0.15) is 0 Å². The van der Waals surface area contributed by atoms with Crippen LogP contribution in [0.2, 0.25) is 0 Å². The van der Waals surface area contributed by atoms with Gasteiger partial charge in [0.05, 0.1) is 11.5 Å². The van der Waals surface area contributed by atoms with E-state index in [0.717, 1.165) is 12.8 Å². The summed E-state index contributed by atoms with van der Waals surface area (Å²) in [6.07, 6.45) is 7.83. The van der Waals surface area contributed by atoms with Gasteiger partial charge in [0.2, 0.25) is 0 Å². The lowest BCUT2D eigenvalue weighted by Gasteiger charge is -2.28. The van der Waals surface area contributed by atoms with Crippen molar-refractivity contribution < 1.29 is 9.90 Å². The highest BCUT2D eigenvalue weighted by Gasteiger charge is 2.44. The molecule has 1 N–H and O–H groups in total. The molecule has 0 aromatic carbocycles. The van der Waals surface area contributed by atoms with Crippen molar-refractivity contribution in [1.82, 2.24) is 0 Å². The normalized spacial score (nSPS) is 40.5. The summed E-state index contributed by atoms with van der Waals surface area (Å²) < 4.78 is 0. The standard InChI is InChI=1S/C11H16O2/c1-11(13)7-6-9(12)10(11)8-4-2-3-5-8/h6-8,10,13H,2-5H2,1H3. The largest absolute Gasteiger partial charge is 0.385 e. The van der Waals surface area contributed by atoms with Crippen LogP contribution in [-0.4, -0.2) is 16.5 Å². The van der Waals surface area contributed by atoms with Crippen LogP contribution in [0.3, 0.4) is 0 Å². The van der Waals surface area contributed by atoms with Gasteiger partial charge in [-0.15, -0.1) is 0 Å². The molecule has 0 aromatic rings. The van der Waals surface area contributed by atoms with Crippen molar-refractivity contribution in [3.05, 3.63) is 12.2 Å². The average Bonchev–Trinajstić information content (AvgIpc) is 2.60. The number of aliphatic hydroxyl groups is 1. The minimum absolute atomic E-state index is 0.122. The van der Waals surface area contributed by atoms with Crippen LogP contribution in [0.25, 0.3) is 0 Å². The van der Waals surface area contributed by atoms with Gasteiger partial charge in [0, 0.05) is 0 Å². The smallest absolute Gasteiger partial charge is 0.162 e. The maximum absolute atomic E-state index is 11.5.